The summed E-state index contributed by atoms with van der Waals surface area (Å²) in [6.07, 6.45) is 8.73. The number of hydrogen-bond donors (Lipinski definition) is 0. The van der Waals surface area contributed by atoms with Crippen LogP contribution in [0.3, 0.4) is 0 Å². The van der Waals surface area contributed by atoms with Gasteiger partial charge in [-0.3, -0.25) is 0 Å². The van der Waals surface area contributed by atoms with E-state index in [1.165, 1.54) is 55.9 Å². The summed E-state index contributed by atoms with van der Waals surface area (Å²) >= 11 is 0. The minimum absolute atomic E-state index is 1.14. The van der Waals surface area contributed by atoms with Gasteiger partial charge in [0.15, 0.2) is 0 Å². The third-order valence-corrected chi connectivity index (χ3v) is 9.92. The number of hydrogen-bond acceptors (Lipinski definition) is 2. The quantitative estimate of drug-likeness (QED) is 0.131. The van der Waals surface area contributed by atoms with Crippen molar-refractivity contribution < 1.29 is 0 Å². The molecule has 0 aromatic heterocycles. The maximum absolute atomic E-state index is 2.37. The second kappa shape index (κ2) is 16.1. The Kier molecular flexibility index (Phi) is 10.7. The molecule has 2 nitrogen and oxygen atoms in total. The lowest BCUT2D eigenvalue weighted by Crippen LogP contribution is -2.13. The first-order valence-corrected chi connectivity index (χ1v) is 18.8. The van der Waals surface area contributed by atoms with E-state index in [4.69, 9.17) is 0 Å². The number of aryl methyl sites for hydroxylation is 6. The van der Waals surface area contributed by atoms with Crippen molar-refractivity contribution >= 4 is 58.4 Å². The summed E-state index contributed by atoms with van der Waals surface area (Å²) in [6, 6.07) is 56.7. The first kappa shape index (κ1) is 36.0. The Morgan fingerprint density at radius 1 is 0.296 bits per heavy atom. The molecule has 54 heavy (non-hydrogen) atoms. The fourth-order valence-electron chi connectivity index (χ4n) is 7.59. The van der Waals surface area contributed by atoms with Crippen molar-refractivity contribution in [2.24, 2.45) is 0 Å². The van der Waals surface area contributed by atoms with E-state index in [0.717, 1.165) is 33.9 Å². The van der Waals surface area contributed by atoms with Gasteiger partial charge in [-0.1, -0.05) is 145 Å². The van der Waals surface area contributed by atoms with Crippen LogP contribution in [0.2, 0.25) is 0 Å². The van der Waals surface area contributed by atoms with Crippen LogP contribution in [0, 0.1) is 41.5 Å². The molecular formula is C52H48N2. The van der Waals surface area contributed by atoms with Crippen molar-refractivity contribution in [1.82, 2.24) is 0 Å². The first-order chi connectivity index (χ1) is 26.2. The molecule has 7 rings (SSSR count). The molecule has 2 heteroatoms. The number of benzene rings is 7. The molecule has 0 amide bonds. The molecule has 0 atom stereocenters. The summed E-state index contributed by atoms with van der Waals surface area (Å²) in [5.41, 5.74) is 19.4. The second-order valence-electron chi connectivity index (χ2n) is 14.4. The van der Waals surface area contributed by atoms with Crippen LogP contribution in [0.25, 0.3) is 24.3 Å². The van der Waals surface area contributed by atoms with Crippen molar-refractivity contribution in [3.63, 3.8) is 0 Å². The Morgan fingerprint density at radius 2 is 0.537 bits per heavy atom. The van der Waals surface area contributed by atoms with Crippen LogP contribution in [-0.2, 0) is 0 Å². The van der Waals surface area contributed by atoms with Crippen molar-refractivity contribution in [2.45, 2.75) is 41.5 Å². The summed E-state index contributed by atoms with van der Waals surface area (Å²) in [4.78, 5) is 4.73. The van der Waals surface area contributed by atoms with E-state index < -0.39 is 0 Å². The van der Waals surface area contributed by atoms with E-state index in [2.05, 4.69) is 233 Å². The smallest absolute Gasteiger partial charge is 0.0520 e. The van der Waals surface area contributed by atoms with Gasteiger partial charge in [-0.15, -0.1) is 0 Å². The zero-order valence-electron chi connectivity index (χ0n) is 32.2. The fourth-order valence-corrected chi connectivity index (χ4v) is 7.59. The third kappa shape index (κ3) is 8.14. The maximum atomic E-state index is 2.37. The number of nitrogens with zero attached hydrogens (tertiary/aromatic N) is 2. The molecule has 0 saturated carbocycles. The van der Waals surface area contributed by atoms with Crippen LogP contribution in [0.5, 0.6) is 0 Å². The Balaban J connectivity index is 1.05. The Hall–Kier alpha value is -6.38. The predicted molar refractivity (Wildman–Crippen MR) is 235 cm³/mol. The Morgan fingerprint density at radius 3 is 0.815 bits per heavy atom. The summed E-state index contributed by atoms with van der Waals surface area (Å²) in [7, 11) is 0. The molecule has 0 aliphatic heterocycles. The lowest BCUT2D eigenvalue weighted by molar-refractivity contribution is 1.20. The van der Waals surface area contributed by atoms with E-state index in [1.807, 2.05) is 0 Å². The topological polar surface area (TPSA) is 6.48 Å². The zero-order chi connectivity index (χ0) is 37.6. The minimum Gasteiger partial charge on any atom is -0.310 e. The molecule has 0 heterocycles. The van der Waals surface area contributed by atoms with E-state index in [-0.39, 0.29) is 0 Å². The molecule has 0 saturated heterocycles. The molecule has 266 valence electrons. The molecule has 0 spiro atoms. The standard InChI is InChI=1S/C52H48N2/c1-37-33-39(3)51(40(4)34-37)53(47-13-9-7-10-14-47)49-29-25-45(26-30-49)23-21-43-17-19-44(20-18-43)22-24-46-27-31-50(32-28-46)54(48-15-11-8-12-16-48)52-41(5)35-38(2)36-42(52)6/h7-36H,1-6H3. The molecule has 0 bridgehead atoms. The zero-order valence-corrected chi connectivity index (χ0v) is 32.2. The lowest BCUT2D eigenvalue weighted by atomic mass is 10.0. The van der Waals surface area contributed by atoms with Gasteiger partial charge >= 0.3 is 0 Å². The van der Waals surface area contributed by atoms with Crippen LogP contribution in [0.1, 0.15) is 55.6 Å². The minimum atomic E-state index is 1.14. The lowest BCUT2D eigenvalue weighted by Gasteiger charge is -2.29. The van der Waals surface area contributed by atoms with Gasteiger partial charge in [0.05, 0.1) is 11.4 Å². The normalized spacial score (nSPS) is 11.4. The highest BCUT2D eigenvalue weighted by molar-refractivity contribution is 5.83. The molecule has 0 unspecified atom stereocenters. The maximum Gasteiger partial charge on any atom is 0.0520 e. The summed E-state index contributed by atoms with van der Waals surface area (Å²) < 4.78 is 0. The Labute approximate surface area is 322 Å². The van der Waals surface area contributed by atoms with Gasteiger partial charge in [0, 0.05) is 22.7 Å². The van der Waals surface area contributed by atoms with Crippen molar-refractivity contribution in [3.8, 4) is 0 Å². The fraction of sp³-hybridized carbons (Fsp3) is 0.115. The van der Waals surface area contributed by atoms with Gasteiger partial charge in [-0.05, 0) is 135 Å². The highest BCUT2D eigenvalue weighted by Gasteiger charge is 2.18. The first-order valence-electron chi connectivity index (χ1n) is 18.8. The van der Waals surface area contributed by atoms with Gasteiger partial charge in [0.2, 0.25) is 0 Å². The molecule has 0 fully saturated rings. The van der Waals surface area contributed by atoms with Gasteiger partial charge in [0.1, 0.15) is 0 Å². The van der Waals surface area contributed by atoms with Gasteiger partial charge < -0.3 is 9.80 Å². The van der Waals surface area contributed by atoms with E-state index in [9.17, 15) is 0 Å². The molecule has 0 N–H and O–H groups in total. The second-order valence-corrected chi connectivity index (χ2v) is 14.4. The van der Waals surface area contributed by atoms with Crippen LogP contribution in [-0.4, -0.2) is 0 Å². The van der Waals surface area contributed by atoms with E-state index in [1.54, 1.807) is 0 Å². The van der Waals surface area contributed by atoms with Crippen molar-refractivity contribution in [3.05, 3.63) is 213 Å². The summed E-state index contributed by atoms with van der Waals surface area (Å²) in [5.74, 6) is 0. The van der Waals surface area contributed by atoms with Crippen molar-refractivity contribution in [1.29, 1.82) is 0 Å². The molecule has 0 aliphatic carbocycles. The number of para-hydroxylation sites is 2. The largest absolute Gasteiger partial charge is 0.310 e. The highest BCUT2D eigenvalue weighted by Crippen LogP contribution is 2.40. The van der Waals surface area contributed by atoms with Crippen LogP contribution in [0.15, 0.2) is 158 Å². The number of rotatable bonds is 10. The average Bonchev–Trinajstić information content (AvgIpc) is 3.17. The van der Waals surface area contributed by atoms with Crippen LogP contribution >= 0.6 is 0 Å². The van der Waals surface area contributed by atoms with Crippen LogP contribution < -0.4 is 9.80 Å². The van der Waals surface area contributed by atoms with Gasteiger partial charge in [0.25, 0.3) is 0 Å². The monoisotopic (exact) mass is 700 g/mol. The van der Waals surface area contributed by atoms with Crippen molar-refractivity contribution in [2.75, 3.05) is 9.80 Å². The molecular weight excluding hydrogens is 653 g/mol. The molecule has 0 aliphatic rings. The van der Waals surface area contributed by atoms with Gasteiger partial charge in [-0.2, -0.15) is 0 Å². The third-order valence-electron chi connectivity index (χ3n) is 9.92. The Bertz CT molecular complexity index is 2180. The SMILES string of the molecule is Cc1cc(C)c(N(c2ccccc2)c2ccc(C=Cc3ccc(C=Cc4ccc(N(c5ccccc5)c5c(C)cc(C)cc5C)cc4)cc3)cc2)c(C)c1. The van der Waals surface area contributed by atoms with Gasteiger partial charge in [-0.25, -0.2) is 0 Å². The molecule has 7 aromatic rings. The number of anilines is 6. The molecule has 0 radical (unpaired) electrons. The molecule has 7 aromatic carbocycles. The van der Waals surface area contributed by atoms with E-state index >= 15 is 0 Å². The summed E-state index contributed by atoms with van der Waals surface area (Å²) in [6.45, 7) is 13.1. The predicted octanol–water partition coefficient (Wildman–Crippen LogP) is 14.8. The average molecular weight is 701 g/mol. The highest BCUT2D eigenvalue weighted by atomic mass is 15.2. The summed E-state index contributed by atoms with van der Waals surface area (Å²) in [5, 5.41) is 0. The van der Waals surface area contributed by atoms with E-state index in [0.29, 0.717) is 0 Å². The van der Waals surface area contributed by atoms with Crippen LogP contribution in [0.4, 0.5) is 34.1 Å².